The van der Waals surface area contributed by atoms with Gasteiger partial charge in [-0.05, 0) is 11.7 Å². The summed E-state index contributed by atoms with van der Waals surface area (Å²) in [6.07, 6.45) is 6.78. The van der Waals surface area contributed by atoms with Crippen molar-refractivity contribution in [3.8, 4) is 0 Å². The second-order valence-corrected chi connectivity index (χ2v) is 4.09. The van der Waals surface area contributed by atoms with Crippen LogP contribution in [0.1, 0.15) is 45.4 Å². The maximum atomic E-state index is 10.1. The summed E-state index contributed by atoms with van der Waals surface area (Å²) in [5, 5.41) is 11.9. The van der Waals surface area contributed by atoms with Crippen LogP contribution in [0, 0.1) is 10.8 Å². The van der Waals surface area contributed by atoms with Gasteiger partial charge < -0.3 is 5.02 Å². The summed E-state index contributed by atoms with van der Waals surface area (Å²) in [6, 6.07) is 0. The quantitative estimate of drug-likeness (QED) is 0.537. The van der Waals surface area contributed by atoms with Crippen LogP contribution in [0.5, 0.6) is 0 Å². The first kappa shape index (κ1) is 10.7. The highest BCUT2D eigenvalue weighted by molar-refractivity contribution is 6.49. The molecule has 0 spiro atoms. The summed E-state index contributed by atoms with van der Waals surface area (Å²) < 4.78 is 0. The Morgan fingerprint density at radius 3 is 2.46 bits per heavy atom. The van der Waals surface area contributed by atoms with Crippen molar-refractivity contribution in [2.24, 2.45) is 11.0 Å². The van der Waals surface area contributed by atoms with Crippen molar-refractivity contribution in [2.75, 3.05) is 0 Å². The maximum Gasteiger partial charge on any atom is 0.486 e. The lowest BCUT2D eigenvalue weighted by atomic mass is 9.60. The predicted molar refractivity (Wildman–Crippen MR) is 54.4 cm³/mol. The van der Waals surface area contributed by atoms with Gasteiger partial charge in [-0.2, -0.15) is 4.91 Å². The lowest BCUT2D eigenvalue weighted by Crippen LogP contribution is -2.23. The Morgan fingerprint density at radius 2 is 2.00 bits per heavy atom. The van der Waals surface area contributed by atoms with Crippen molar-refractivity contribution in [1.82, 2.24) is 0 Å². The molecule has 0 amide bonds. The Bertz CT molecular complexity index is 158. The van der Waals surface area contributed by atoms with Crippen molar-refractivity contribution in [3.63, 3.8) is 0 Å². The van der Waals surface area contributed by atoms with Crippen molar-refractivity contribution in [2.45, 2.75) is 51.3 Å². The molecule has 1 saturated carbocycles. The Balaban J connectivity index is 2.26. The van der Waals surface area contributed by atoms with Crippen molar-refractivity contribution in [1.29, 1.82) is 0 Å². The molecule has 0 heterocycles. The SMILES string of the molecule is CCCC1CCC(B(O)N=O)CC1. The predicted octanol–water partition coefficient (Wildman–Crippen LogP) is 2.59. The minimum absolute atomic E-state index is 0.130. The molecule has 13 heavy (non-hydrogen) atoms. The summed E-state index contributed by atoms with van der Waals surface area (Å²) in [4.78, 5) is 10.1. The zero-order chi connectivity index (χ0) is 9.68. The highest BCUT2D eigenvalue weighted by Gasteiger charge is 2.31. The van der Waals surface area contributed by atoms with Gasteiger partial charge in [-0.25, -0.2) is 0 Å². The van der Waals surface area contributed by atoms with Crippen LogP contribution in [0.25, 0.3) is 0 Å². The van der Waals surface area contributed by atoms with Crippen LogP contribution in [0.15, 0.2) is 5.09 Å². The van der Waals surface area contributed by atoms with Crippen LogP contribution < -0.4 is 0 Å². The maximum absolute atomic E-state index is 10.1. The van der Waals surface area contributed by atoms with Crippen LogP contribution in [0.2, 0.25) is 5.82 Å². The van der Waals surface area contributed by atoms with Gasteiger partial charge in [0, 0.05) is 0 Å². The zero-order valence-corrected chi connectivity index (χ0v) is 8.28. The molecule has 0 aromatic carbocycles. The molecular weight excluding hydrogens is 165 g/mol. The van der Waals surface area contributed by atoms with E-state index in [9.17, 15) is 9.93 Å². The van der Waals surface area contributed by atoms with Gasteiger partial charge in [-0.15, -0.1) is 0 Å². The third kappa shape index (κ3) is 3.10. The molecule has 1 N–H and O–H groups in total. The first-order chi connectivity index (χ1) is 6.27. The van der Waals surface area contributed by atoms with Crippen molar-refractivity contribution >= 4 is 7.05 Å². The molecular formula is C9H18BNO2. The molecule has 0 aromatic rings. The largest absolute Gasteiger partial charge is 0.486 e. The normalized spacial score (nSPS) is 28.5. The molecule has 4 heteroatoms. The van der Waals surface area contributed by atoms with E-state index < -0.39 is 7.05 Å². The number of rotatable bonds is 4. The number of nitrogens with zero attached hydrogens (tertiary/aromatic N) is 1. The van der Waals surface area contributed by atoms with Crippen LogP contribution in [-0.4, -0.2) is 12.1 Å². The summed E-state index contributed by atoms with van der Waals surface area (Å²) in [5.74, 6) is 0.950. The highest BCUT2D eigenvalue weighted by Crippen LogP contribution is 2.36. The van der Waals surface area contributed by atoms with Gasteiger partial charge in [-0.3, -0.25) is 0 Å². The van der Waals surface area contributed by atoms with Gasteiger partial charge >= 0.3 is 7.05 Å². The summed E-state index contributed by atoms with van der Waals surface area (Å²) >= 11 is 0. The van der Waals surface area contributed by atoms with E-state index in [1.165, 1.54) is 12.8 Å². The van der Waals surface area contributed by atoms with Gasteiger partial charge in [0.1, 0.15) is 0 Å². The smallest absolute Gasteiger partial charge is 0.429 e. The molecule has 3 nitrogen and oxygen atoms in total. The van der Waals surface area contributed by atoms with Crippen molar-refractivity contribution < 1.29 is 5.02 Å². The van der Waals surface area contributed by atoms with E-state index in [4.69, 9.17) is 0 Å². The molecule has 0 saturated heterocycles. The van der Waals surface area contributed by atoms with Gasteiger partial charge in [0.05, 0.1) is 0 Å². The highest BCUT2D eigenvalue weighted by atomic mass is 16.3. The van der Waals surface area contributed by atoms with Crippen LogP contribution in [0.4, 0.5) is 0 Å². The Labute approximate surface area is 80.0 Å². The number of nitroso groups, excluding NO2 is 1. The Morgan fingerprint density at radius 1 is 1.38 bits per heavy atom. The van der Waals surface area contributed by atoms with Gasteiger partial charge in [0.25, 0.3) is 0 Å². The average molecular weight is 183 g/mol. The van der Waals surface area contributed by atoms with Crippen molar-refractivity contribution in [3.05, 3.63) is 4.91 Å². The van der Waals surface area contributed by atoms with E-state index >= 15 is 0 Å². The lowest BCUT2D eigenvalue weighted by molar-refractivity contribution is 0.323. The molecule has 1 rings (SSSR count). The van der Waals surface area contributed by atoms with E-state index in [1.54, 1.807) is 0 Å². The van der Waals surface area contributed by atoms with Gasteiger partial charge in [0.2, 0.25) is 0 Å². The van der Waals surface area contributed by atoms with E-state index in [0.717, 1.165) is 31.6 Å². The first-order valence-corrected chi connectivity index (χ1v) is 5.28. The zero-order valence-electron chi connectivity index (χ0n) is 8.28. The molecule has 0 atom stereocenters. The van der Waals surface area contributed by atoms with E-state index in [2.05, 4.69) is 12.0 Å². The topological polar surface area (TPSA) is 49.7 Å². The fourth-order valence-corrected chi connectivity index (χ4v) is 2.27. The molecule has 1 aliphatic rings. The summed E-state index contributed by atoms with van der Waals surface area (Å²) in [6.45, 7) is 2.20. The summed E-state index contributed by atoms with van der Waals surface area (Å²) in [5.41, 5.74) is 0. The standard InChI is InChI=1S/C9H18BNO2/c1-2-3-8-4-6-9(7-5-8)10(12)11-13/h8-9,12H,2-7H2,1H3. The summed E-state index contributed by atoms with van der Waals surface area (Å²) in [7, 11) is -0.956. The first-order valence-electron chi connectivity index (χ1n) is 5.28. The fourth-order valence-electron chi connectivity index (χ4n) is 2.27. The molecule has 74 valence electrons. The van der Waals surface area contributed by atoms with Crippen LogP contribution in [0.3, 0.4) is 0 Å². The molecule has 0 unspecified atom stereocenters. The van der Waals surface area contributed by atoms with E-state index in [0.29, 0.717) is 0 Å². The molecule has 0 aliphatic heterocycles. The molecule has 1 aliphatic carbocycles. The fraction of sp³-hybridized carbons (Fsp3) is 1.00. The third-order valence-corrected chi connectivity index (χ3v) is 3.12. The van der Waals surface area contributed by atoms with Crippen LogP contribution in [-0.2, 0) is 0 Å². The number of hydrogen-bond donors (Lipinski definition) is 1. The van der Waals surface area contributed by atoms with Crippen LogP contribution >= 0.6 is 0 Å². The second kappa shape index (κ2) is 5.38. The van der Waals surface area contributed by atoms with E-state index in [1.807, 2.05) is 0 Å². The lowest BCUT2D eigenvalue weighted by Gasteiger charge is -2.27. The number of hydrogen-bond acceptors (Lipinski definition) is 3. The average Bonchev–Trinajstić information content (AvgIpc) is 2.18. The Kier molecular flexibility index (Phi) is 4.43. The minimum atomic E-state index is -0.956. The third-order valence-electron chi connectivity index (χ3n) is 3.12. The van der Waals surface area contributed by atoms with E-state index in [-0.39, 0.29) is 5.82 Å². The van der Waals surface area contributed by atoms with Gasteiger partial charge in [0.15, 0.2) is 0 Å². The second-order valence-electron chi connectivity index (χ2n) is 4.09. The monoisotopic (exact) mass is 183 g/mol. The molecule has 1 fully saturated rings. The molecule has 0 aromatic heterocycles. The van der Waals surface area contributed by atoms with Gasteiger partial charge in [-0.1, -0.05) is 50.5 Å². The minimum Gasteiger partial charge on any atom is -0.429 e. The molecule has 0 radical (unpaired) electrons. The molecule has 0 bridgehead atoms. The Hall–Kier alpha value is -0.375.